The average molecular weight is 164 g/mol. The van der Waals surface area contributed by atoms with E-state index in [1.807, 2.05) is 0 Å². The van der Waals surface area contributed by atoms with Crippen molar-refractivity contribution >= 4 is 0 Å². The molecule has 2 rings (SSSR count). The van der Waals surface area contributed by atoms with Gasteiger partial charge in [0.1, 0.15) is 6.79 Å². The maximum Gasteiger partial charge on any atom is 0.152 e. The van der Waals surface area contributed by atoms with Crippen molar-refractivity contribution in [3.63, 3.8) is 0 Å². The molecule has 0 aliphatic carbocycles. The average Bonchev–Trinajstić information content (AvgIpc) is 2.64. The zero-order chi connectivity index (χ0) is 7.78. The highest BCUT2D eigenvalue weighted by Crippen LogP contribution is 1.87. The van der Waals surface area contributed by atoms with Crippen molar-refractivity contribution in [2.24, 2.45) is 0 Å². The van der Waals surface area contributed by atoms with Crippen LogP contribution in [0.5, 0.6) is 0 Å². The molecule has 0 aromatic heterocycles. The van der Waals surface area contributed by atoms with E-state index < -0.39 is 0 Å². The van der Waals surface area contributed by atoms with Crippen LogP contribution in [-0.4, -0.2) is 40.4 Å². The highest BCUT2D eigenvalue weighted by Gasteiger charge is 1.94. The topological polar surface area (TPSA) is 46.2 Å². The van der Waals surface area contributed by atoms with E-state index in [4.69, 9.17) is 9.47 Å². The van der Waals surface area contributed by atoms with Crippen LogP contribution in [0.4, 0.5) is 0 Å². The van der Waals surface area contributed by atoms with E-state index in [2.05, 4.69) is 14.2 Å². The highest BCUT2D eigenvalue weighted by molar-refractivity contribution is 4.28. The third kappa shape index (κ3) is 5.11. The fraction of sp³-hybridized carbons (Fsp3) is 1.00. The third-order valence-electron chi connectivity index (χ3n) is 1.04. The molecule has 0 atom stereocenters. The van der Waals surface area contributed by atoms with Crippen LogP contribution in [0.15, 0.2) is 0 Å². The minimum atomic E-state index is 0.375. The second-order valence-electron chi connectivity index (χ2n) is 1.90. The zero-order valence-corrected chi connectivity index (χ0v) is 6.28. The number of ether oxygens (including phenoxy) is 5. The first-order valence-electron chi connectivity index (χ1n) is 3.39. The Labute approximate surface area is 65.1 Å². The van der Waals surface area contributed by atoms with E-state index in [0.717, 1.165) is 13.2 Å². The predicted octanol–water partition coefficient (Wildman–Crippen LogP) is -0.0870. The second-order valence-corrected chi connectivity index (χ2v) is 1.90. The van der Waals surface area contributed by atoms with Gasteiger partial charge in [0.05, 0.1) is 13.2 Å². The van der Waals surface area contributed by atoms with Gasteiger partial charge in [-0.15, -0.1) is 0 Å². The number of hydrogen-bond donors (Lipinski definition) is 0. The molecule has 66 valence electrons. The van der Waals surface area contributed by atoms with Crippen molar-refractivity contribution in [3.05, 3.63) is 0 Å². The van der Waals surface area contributed by atoms with Crippen LogP contribution in [0.3, 0.4) is 0 Å². The molecule has 11 heavy (non-hydrogen) atoms. The van der Waals surface area contributed by atoms with Crippen LogP contribution in [0, 0.1) is 0 Å². The van der Waals surface area contributed by atoms with Gasteiger partial charge in [0.15, 0.2) is 20.4 Å². The molecule has 0 aromatic carbocycles. The van der Waals surface area contributed by atoms with Gasteiger partial charge in [-0.1, -0.05) is 0 Å². The molecule has 2 fully saturated rings. The van der Waals surface area contributed by atoms with Crippen LogP contribution in [0.25, 0.3) is 0 Å². The quantitative estimate of drug-likeness (QED) is 0.500. The van der Waals surface area contributed by atoms with Gasteiger partial charge in [-0.25, -0.2) is 0 Å². The molecule has 0 bridgehead atoms. The Morgan fingerprint density at radius 1 is 0.455 bits per heavy atom. The van der Waals surface area contributed by atoms with Gasteiger partial charge < -0.3 is 23.7 Å². The fourth-order valence-electron chi connectivity index (χ4n) is 0.573. The molecular formula is C6H12O5. The molecule has 5 nitrogen and oxygen atoms in total. The Morgan fingerprint density at radius 2 is 0.818 bits per heavy atom. The Kier molecular flexibility index (Phi) is 5.26. The Bertz CT molecular complexity index is 59.9. The first-order chi connectivity index (χ1) is 5.50. The molecule has 2 heterocycles. The molecule has 0 saturated carbocycles. The summed E-state index contributed by atoms with van der Waals surface area (Å²) in [5.41, 5.74) is 0. The van der Waals surface area contributed by atoms with Crippen LogP contribution in [0.2, 0.25) is 0 Å². The highest BCUT2D eigenvalue weighted by atomic mass is 16.8. The lowest BCUT2D eigenvalue weighted by atomic mass is 10.8. The van der Waals surface area contributed by atoms with E-state index in [1.54, 1.807) is 0 Å². The summed E-state index contributed by atoms with van der Waals surface area (Å²) in [7, 11) is 0. The van der Waals surface area contributed by atoms with Crippen molar-refractivity contribution < 1.29 is 23.7 Å². The fourth-order valence-corrected chi connectivity index (χ4v) is 0.573. The minimum absolute atomic E-state index is 0.375. The van der Waals surface area contributed by atoms with Crippen molar-refractivity contribution in [1.29, 1.82) is 0 Å². The van der Waals surface area contributed by atoms with E-state index in [9.17, 15) is 0 Å². The predicted molar refractivity (Wildman–Crippen MR) is 34.6 cm³/mol. The van der Waals surface area contributed by atoms with Gasteiger partial charge >= 0.3 is 0 Å². The summed E-state index contributed by atoms with van der Waals surface area (Å²) < 4.78 is 23.3. The van der Waals surface area contributed by atoms with Crippen molar-refractivity contribution in [3.8, 4) is 0 Å². The molecule has 0 N–H and O–H groups in total. The minimum Gasteiger partial charge on any atom is -0.353 e. The van der Waals surface area contributed by atoms with Gasteiger partial charge in [0.25, 0.3) is 0 Å². The number of rotatable bonds is 0. The van der Waals surface area contributed by atoms with Crippen LogP contribution < -0.4 is 0 Å². The first-order valence-corrected chi connectivity index (χ1v) is 3.39. The van der Waals surface area contributed by atoms with Crippen molar-refractivity contribution in [2.45, 2.75) is 0 Å². The Morgan fingerprint density at radius 3 is 1.00 bits per heavy atom. The lowest BCUT2D eigenvalue weighted by molar-refractivity contribution is -0.247. The molecule has 0 unspecified atom stereocenters. The van der Waals surface area contributed by atoms with Crippen LogP contribution in [-0.2, 0) is 23.7 Å². The molecule has 5 heteroatoms. The van der Waals surface area contributed by atoms with Crippen LogP contribution in [0.1, 0.15) is 0 Å². The van der Waals surface area contributed by atoms with Gasteiger partial charge in [-0.3, -0.25) is 0 Å². The maximum atomic E-state index is 4.72. The molecule has 0 spiro atoms. The summed E-state index contributed by atoms with van der Waals surface area (Å²) in [5, 5.41) is 0. The van der Waals surface area contributed by atoms with Crippen molar-refractivity contribution in [1.82, 2.24) is 0 Å². The molecule has 2 aliphatic rings. The molecule has 0 radical (unpaired) electrons. The maximum absolute atomic E-state index is 4.72. The summed E-state index contributed by atoms with van der Waals surface area (Å²) in [4.78, 5) is 0. The molecule has 2 aliphatic heterocycles. The van der Waals surface area contributed by atoms with Gasteiger partial charge in [-0.05, 0) is 0 Å². The van der Waals surface area contributed by atoms with Crippen molar-refractivity contribution in [2.75, 3.05) is 40.4 Å². The Hall–Kier alpha value is -0.200. The summed E-state index contributed by atoms with van der Waals surface area (Å²) in [6.45, 7) is 3.18. The lowest BCUT2D eigenvalue weighted by Crippen LogP contribution is -2.14. The van der Waals surface area contributed by atoms with E-state index >= 15 is 0 Å². The smallest absolute Gasteiger partial charge is 0.152 e. The van der Waals surface area contributed by atoms with Gasteiger partial charge in [0, 0.05) is 0 Å². The summed E-state index contributed by atoms with van der Waals surface area (Å²) in [5.74, 6) is 0. The lowest BCUT2D eigenvalue weighted by Gasteiger charge is -2.10. The zero-order valence-electron chi connectivity index (χ0n) is 6.28. The molecule has 2 saturated heterocycles. The molecular weight excluding hydrogens is 152 g/mol. The monoisotopic (exact) mass is 164 g/mol. The van der Waals surface area contributed by atoms with Crippen LogP contribution >= 0.6 is 0 Å². The standard InChI is InChI=1S/C3H6O3.C3H6O2/c1-4-2-6-3-5-1;1-2-5-3-4-1/h1-3H2;1-3H2. The Balaban J connectivity index is 0.000000112. The molecule has 0 aromatic rings. The summed E-state index contributed by atoms with van der Waals surface area (Å²) in [6, 6.07) is 0. The SMILES string of the molecule is C1COCO1.C1OCOCO1. The van der Waals surface area contributed by atoms with Gasteiger partial charge in [0.2, 0.25) is 0 Å². The van der Waals surface area contributed by atoms with E-state index in [-0.39, 0.29) is 0 Å². The van der Waals surface area contributed by atoms with E-state index in [0.29, 0.717) is 27.2 Å². The number of hydrogen-bond acceptors (Lipinski definition) is 5. The summed E-state index contributed by atoms with van der Waals surface area (Å²) in [6.07, 6.45) is 0. The van der Waals surface area contributed by atoms with E-state index in [1.165, 1.54) is 0 Å². The summed E-state index contributed by atoms with van der Waals surface area (Å²) >= 11 is 0. The normalized spacial score (nSPS) is 24.0. The second kappa shape index (κ2) is 6.51. The largest absolute Gasteiger partial charge is 0.353 e. The first kappa shape index (κ1) is 8.89. The molecule has 0 amide bonds. The van der Waals surface area contributed by atoms with Gasteiger partial charge in [-0.2, -0.15) is 0 Å². The third-order valence-corrected chi connectivity index (χ3v) is 1.04.